The molecule has 0 fully saturated rings. The number of aromatic carboxylic acids is 1. The van der Waals surface area contributed by atoms with E-state index < -0.39 is 11.8 Å². The van der Waals surface area contributed by atoms with Gasteiger partial charge in [0.05, 0.1) is 16.3 Å². The molecular formula is C13H9ClFNO3. The Labute approximate surface area is 113 Å². The minimum absolute atomic E-state index is 0.00774. The molecule has 2 rings (SSSR count). The van der Waals surface area contributed by atoms with Crippen LogP contribution in [0, 0.1) is 5.82 Å². The van der Waals surface area contributed by atoms with E-state index in [0.717, 1.165) is 0 Å². The van der Waals surface area contributed by atoms with Gasteiger partial charge >= 0.3 is 5.97 Å². The van der Waals surface area contributed by atoms with E-state index in [1.807, 2.05) is 0 Å². The van der Waals surface area contributed by atoms with Gasteiger partial charge in [-0.25, -0.2) is 9.18 Å². The molecule has 0 atom stereocenters. The first-order valence-corrected chi connectivity index (χ1v) is 5.61. The molecule has 6 heteroatoms. The lowest BCUT2D eigenvalue weighted by atomic mass is 10.2. The maximum absolute atomic E-state index is 13.7. The summed E-state index contributed by atoms with van der Waals surface area (Å²) in [6.45, 7) is 0. The quantitative estimate of drug-likeness (QED) is 0.844. The van der Waals surface area contributed by atoms with Crippen LogP contribution < -0.4 is 10.5 Å². The third-order valence-corrected chi connectivity index (χ3v) is 2.69. The zero-order chi connectivity index (χ0) is 14.0. The van der Waals surface area contributed by atoms with Crippen LogP contribution in [-0.2, 0) is 0 Å². The van der Waals surface area contributed by atoms with Gasteiger partial charge < -0.3 is 15.6 Å². The molecule has 0 aliphatic heterocycles. The van der Waals surface area contributed by atoms with Crippen LogP contribution in [0.5, 0.6) is 11.5 Å². The predicted molar refractivity (Wildman–Crippen MR) is 69.3 cm³/mol. The highest BCUT2D eigenvalue weighted by molar-refractivity contribution is 6.30. The maximum Gasteiger partial charge on any atom is 0.335 e. The van der Waals surface area contributed by atoms with E-state index in [0.29, 0.717) is 0 Å². The molecule has 0 unspecified atom stereocenters. The van der Waals surface area contributed by atoms with Crippen LogP contribution in [0.15, 0.2) is 36.4 Å². The minimum Gasteiger partial charge on any atom is -0.478 e. The number of hydrogen-bond acceptors (Lipinski definition) is 3. The van der Waals surface area contributed by atoms with Crippen LogP contribution in [0.2, 0.25) is 5.02 Å². The average molecular weight is 282 g/mol. The lowest BCUT2D eigenvalue weighted by Gasteiger charge is -2.10. The molecular weight excluding hydrogens is 273 g/mol. The minimum atomic E-state index is -1.13. The van der Waals surface area contributed by atoms with E-state index in [9.17, 15) is 9.18 Å². The number of halogens is 2. The summed E-state index contributed by atoms with van der Waals surface area (Å²) in [7, 11) is 0. The normalized spacial score (nSPS) is 10.2. The fourth-order valence-corrected chi connectivity index (χ4v) is 1.60. The summed E-state index contributed by atoms with van der Waals surface area (Å²) in [6.07, 6.45) is 0. The second-order valence-electron chi connectivity index (χ2n) is 3.71. The monoisotopic (exact) mass is 281 g/mol. The molecule has 0 bridgehead atoms. The number of carboxylic acid groups (broad SMARTS) is 1. The first-order valence-electron chi connectivity index (χ1n) is 5.23. The Bertz CT molecular complexity index is 646. The summed E-state index contributed by atoms with van der Waals surface area (Å²) in [5, 5.41) is 8.78. The summed E-state index contributed by atoms with van der Waals surface area (Å²) >= 11 is 5.62. The fraction of sp³-hybridized carbons (Fsp3) is 0. The highest BCUT2D eigenvalue weighted by atomic mass is 35.5. The highest BCUT2D eigenvalue weighted by Crippen LogP contribution is 2.32. The maximum atomic E-state index is 13.7. The van der Waals surface area contributed by atoms with Gasteiger partial charge in [0.25, 0.3) is 0 Å². The van der Waals surface area contributed by atoms with Gasteiger partial charge in [-0.15, -0.1) is 0 Å². The lowest BCUT2D eigenvalue weighted by molar-refractivity contribution is 0.0696. The third-order valence-electron chi connectivity index (χ3n) is 2.40. The van der Waals surface area contributed by atoms with E-state index in [4.69, 9.17) is 27.2 Å². The molecule has 2 aromatic carbocycles. The van der Waals surface area contributed by atoms with Crippen LogP contribution in [0.1, 0.15) is 10.4 Å². The van der Waals surface area contributed by atoms with E-state index in [1.54, 1.807) is 0 Å². The van der Waals surface area contributed by atoms with Gasteiger partial charge in [-0.2, -0.15) is 0 Å². The van der Waals surface area contributed by atoms with Gasteiger partial charge in [0.1, 0.15) is 0 Å². The molecule has 0 amide bonds. The van der Waals surface area contributed by atoms with Crippen LogP contribution >= 0.6 is 11.6 Å². The third kappa shape index (κ3) is 2.77. The molecule has 0 aliphatic rings. The lowest BCUT2D eigenvalue weighted by Crippen LogP contribution is -2.00. The van der Waals surface area contributed by atoms with Crippen molar-refractivity contribution in [3.8, 4) is 11.5 Å². The molecule has 19 heavy (non-hydrogen) atoms. The van der Waals surface area contributed by atoms with E-state index in [1.165, 1.54) is 36.4 Å². The van der Waals surface area contributed by atoms with Gasteiger partial charge in [0, 0.05) is 0 Å². The van der Waals surface area contributed by atoms with Crippen molar-refractivity contribution in [3.05, 3.63) is 52.8 Å². The van der Waals surface area contributed by atoms with E-state index in [-0.39, 0.29) is 27.8 Å². The summed E-state index contributed by atoms with van der Waals surface area (Å²) in [6, 6.07) is 8.19. The molecule has 0 heterocycles. The number of hydrogen-bond donors (Lipinski definition) is 2. The summed E-state index contributed by atoms with van der Waals surface area (Å²) < 4.78 is 18.9. The summed E-state index contributed by atoms with van der Waals surface area (Å²) in [5.41, 5.74) is 5.84. The highest BCUT2D eigenvalue weighted by Gasteiger charge is 2.12. The van der Waals surface area contributed by atoms with Crippen molar-refractivity contribution in [3.63, 3.8) is 0 Å². The molecule has 4 nitrogen and oxygen atoms in total. The van der Waals surface area contributed by atoms with E-state index >= 15 is 0 Å². The van der Waals surface area contributed by atoms with Gasteiger partial charge in [0.2, 0.25) is 0 Å². The Balaban J connectivity index is 2.40. The smallest absolute Gasteiger partial charge is 0.335 e. The van der Waals surface area contributed by atoms with Gasteiger partial charge in [-0.3, -0.25) is 0 Å². The predicted octanol–water partition coefficient (Wildman–Crippen LogP) is 3.55. The van der Waals surface area contributed by atoms with Crippen LogP contribution in [-0.4, -0.2) is 11.1 Å². The first kappa shape index (κ1) is 13.2. The van der Waals surface area contributed by atoms with Gasteiger partial charge in [-0.05, 0) is 30.3 Å². The number of nitrogens with two attached hydrogens (primary N) is 1. The molecule has 3 N–H and O–H groups in total. The molecule has 0 saturated heterocycles. The molecule has 0 spiro atoms. The topological polar surface area (TPSA) is 72.6 Å². The summed E-state index contributed by atoms with van der Waals surface area (Å²) in [5.74, 6) is -1.93. The Morgan fingerprint density at radius 1 is 1.26 bits per heavy atom. The van der Waals surface area contributed by atoms with E-state index in [2.05, 4.69) is 0 Å². The number of carbonyl (C=O) groups is 1. The van der Waals surface area contributed by atoms with Crippen molar-refractivity contribution in [1.29, 1.82) is 0 Å². The molecule has 0 saturated carbocycles. The van der Waals surface area contributed by atoms with Crippen LogP contribution in [0.4, 0.5) is 10.1 Å². The van der Waals surface area contributed by atoms with Gasteiger partial charge in [-0.1, -0.05) is 17.7 Å². The molecule has 0 radical (unpaired) electrons. The van der Waals surface area contributed by atoms with Crippen molar-refractivity contribution >= 4 is 23.3 Å². The number of benzene rings is 2. The molecule has 2 aromatic rings. The standard InChI is InChI=1S/C13H9ClFNO3/c14-8-2-1-3-10(12(8)15)19-11-6-7(13(17)18)4-5-9(11)16/h1-6H,16H2,(H,17,18). The van der Waals surface area contributed by atoms with Crippen molar-refractivity contribution in [2.75, 3.05) is 5.73 Å². The number of carboxylic acids is 1. The fourth-order valence-electron chi connectivity index (χ4n) is 1.44. The van der Waals surface area contributed by atoms with Crippen molar-refractivity contribution in [2.45, 2.75) is 0 Å². The number of anilines is 1. The van der Waals surface area contributed by atoms with Crippen molar-refractivity contribution in [2.24, 2.45) is 0 Å². The van der Waals surface area contributed by atoms with Crippen molar-refractivity contribution in [1.82, 2.24) is 0 Å². The molecule has 0 aliphatic carbocycles. The number of ether oxygens (including phenoxy) is 1. The zero-order valence-corrected chi connectivity index (χ0v) is 10.3. The molecule has 98 valence electrons. The molecule has 0 aromatic heterocycles. The first-order chi connectivity index (χ1) is 8.99. The van der Waals surface area contributed by atoms with Gasteiger partial charge in [0.15, 0.2) is 17.3 Å². The van der Waals surface area contributed by atoms with Crippen LogP contribution in [0.25, 0.3) is 0 Å². The Morgan fingerprint density at radius 2 is 2.00 bits per heavy atom. The second-order valence-corrected chi connectivity index (χ2v) is 4.12. The van der Waals surface area contributed by atoms with Crippen molar-refractivity contribution < 1.29 is 19.0 Å². The SMILES string of the molecule is Nc1ccc(C(=O)O)cc1Oc1cccc(Cl)c1F. The Hall–Kier alpha value is -2.27. The Kier molecular flexibility index (Phi) is 3.57. The summed E-state index contributed by atoms with van der Waals surface area (Å²) in [4.78, 5) is 10.8. The number of nitrogen functional groups attached to an aromatic ring is 1. The second kappa shape index (κ2) is 5.16. The van der Waals surface area contributed by atoms with Crippen LogP contribution in [0.3, 0.4) is 0 Å². The largest absolute Gasteiger partial charge is 0.478 e. The average Bonchev–Trinajstić information content (AvgIpc) is 2.37. The number of rotatable bonds is 3. The zero-order valence-electron chi connectivity index (χ0n) is 9.56. The Morgan fingerprint density at radius 3 is 2.68 bits per heavy atom.